The summed E-state index contributed by atoms with van der Waals surface area (Å²) in [4.78, 5) is 18.0. The van der Waals surface area contributed by atoms with Gasteiger partial charge in [0.15, 0.2) is 5.17 Å². The average Bonchev–Trinajstić information content (AvgIpc) is 2.76. The van der Waals surface area contributed by atoms with Gasteiger partial charge >= 0.3 is 0 Å². The molecule has 1 amide bonds. The number of benzene rings is 1. The first kappa shape index (κ1) is 14.8. The van der Waals surface area contributed by atoms with Crippen molar-refractivity contribution < 1.29 is 4.79 Å². The fraction of sp³-hybridized carbons (Fsp3) is 0.400. The summed E-state index contributed by atoms with van der Waals surface area (Å²) in [5, 5.41) is 8.19. The fourth-order valence-corrected chi connectivity index (χ4v) is 2.63. The van der Waals surface area contributed by atoms with Gasteiger partial charge in [-0.2, -0.15) is 0 Å². The Hall–Kier alpha value is -1.62. The number of aliphatic imine (C=N–C) groups is 1. The number of carbonyl (C=O) groups is 1. The van der Waals surface area contributed by atoms with Crippen LogP contribution in [0.25, 0.3) is 0 Å². The molecule has 0 aromatic heterocycles. The maximum absolute atomic E-state index is 12.0. The van der Waals surface area contributed by atoms with E-state index in [-0.39, 0.29) is 11.1 Å². The predicted molar refractivity (Wildman–Crippen MR) is 86.5 cm³/mol. The van der Waals surface area contributed by atoms with Crippen molar-refractivity contribution in [1.29, 1.82) is 5.41 Å². The van der Waals surface area contributed by atoms with Crippen molar-refractivity contribution in [2.75, 3.05) is 10.7 Å². The van der Waals surface area contributed by atoms with Crippen molar-refractivity contribution in [1.82, 2.24) is 0 Å². The number of amidine groups is 1. The summed E-state index contributed by atoms with van der Waals surface area (Å²) in [7, 11) is 0. The Morgan fingerprint density at radius 2 is 2.30 bits per heavy atom. The summed E-state index contributed by atoms with van der Waals surface area (Å²) in [6, 6.07) is 5.73. The van der Waals surface area contributed by atoms with E-state index in [0.717, 1.165) is 17.7 Å². The molecule has 1 fully saturated rings. The van der Waals surface area contributed by atoms with Gasteiger partial charge in [-0.15, -0.1) is 0 Å². The Labute approximate surface area is 123 Å². The molecule has 4 nitrogen and oxygen atoms in total. The van der Waals surface area contributed by atoms with Crippen LogP contribution in [0.15, 0.2) is 23.2 Å². The Kier molecular flexibility index (Phi) is 4.60. The van der Waals surface area contributed by atoms with Crippen molar-refractivity contribution in [3.8, 4) is 0 Å². The molecule has 1 aromatic rings. The molecule has 0 saturated carbocycles. The van der Waals surface area contributed by atoms with Gasteiger partial charge in [0, 0.05) is 6.21 Å². The molecule has 106 valence electrons. The lowest BCUT2D eigenvalue weighted by Gasteiger charge is -2.18. The summed E-state index contributed by atoms with van der Waals surface area (Å²) >= 11 is 1.26. The second-order valence-electron chi connectivity index (χ2n) is 4.93. The van der Waals surface area contributed by atoms with Gasteiger partial charge in [0.2, 0.25) is 5.91 Å². The molecular weight excluding hydrogens is 270 g/mol. The van der Waals surface area contributed by atoms with Gasteiger partial charge in [0.1, 0.15) is 0 Å². The Morgan fingerprint density at radius 3 is 2.90 bits per heavy atom. The molecule has 1 unspecified atom stereocenters. The molecule has 1 aromatic carbocycles. The second kappa shape index (κ2) is 6.22. The van der Waals surface area contributed by atoms with Gasteiger partial charge in [0.05, 0.1) is 17.1 Å². The summed E-state index contributed by atoms with van der Waals surface area (Å²) in [6.07, 6.45) is 2.95. The van der Waals surface area contributed by atoms with Crippen LogP contribution in [0.5, 0.6) is 0 Å². The zero-order chi connectivity index (χ0) is 14.7. The van der Waals surface area contributed by atoms with E-state index in [1.54, 1.807) is 0 Å². The van der Waals surface area contributed by atoms with Crippen LogP contribution in [-0.4, -0.2) is 23.0 Å². The number of aryl methyl sites for hydroxylation is 1. The molecule has 1 atom stereocenters. The van der Waals surface area contributed by atoms with Crippen LogP contribution in [0, 0.1) is 18.3 Å². The Morgan fingerprint density at radius 1 is 1.55 bits per heavy atom. The molecule has 1 aliphatic heterocycles. The third kappa shape index (κ3) is 2.93. The van der Waals surface area contributed by atoms with Crippen molar-refractivity contribution >= 4 is 40.4 Å². The van der Waals surface area contributed by atoms with E-state index in [2.05, 4.69) is 18.8 Å². The zero-order valence-corrected chi connectivity index (χ0v) is 12.8. The number of rotatable bonds is 4. The molecule has 2 rings (SSSR count). The molecule has 1 aliphatic rings. The predicted octanol–water partition coefficient (Wildman–Crippen LogP) is 3.76. The molecule has 0 aliphatic carbocycles. The third-order valence-corrected chi connectivity index (χ3v) is 4.19. The molecule has 1 saturated heterocycles. The summed E-state index contributed by atoms with van der Waals surface area (Å²) in [6.45, 7) is 6.20. The number of anilines is 1. The largest absolute Gasteiger partial charge is 0.278 e. The first-order valence-corrected chi connectivity index (χ1v) is 7.71. The number of nitrogens with one attached hydrogen (secondary N) is 1. The lowest BCUT2D eigenvalue weighted by atomic mass is 10.1. The topological polar surface area (TPSA) is 56.5 Å². The standard InChI is InChI=1S/C15H19N3OS/c1-4-10(2)8-17-14-11(3)6-5-7-12(14)18-13(19)9-20-15(18)16/h5-8,10,16H,4,9H2,1-3H3/b16-15?,17-8-. The second-order valence-corrected chi connectivity index (χ2v) is 5.89. The number of nitrogens with zero attached hydrogens (tertiary/aromatic N) is 2. The molecule has 0 bridgehead atoms. The minimum absolute atomic E-state index is 0.0504. The molecule has 0 spiro atoms. The Balaban J connectivity index is 2.43. The number of amides is 1. The molecule has 20 heavy (non-hydrogen) atoms. The smallest absolute Gasteiger partial charge is 0.243 e. The molecule has 1 heterocycles. The van der Waals surface area contributed by atoms with Gasteiger partial charge in [-0.05, 0) is 30.9 Å². The minimum Gasteiger partial charge on any atom is -0.278 e. The highest BCUT2D eigenvalue weighted by atomic mass is 32.2. The van der Waals surface area contributed by atoms with Crippen molar-refractivity contribution in [3.05, 3.63) is 23.8 Å². The van der Waals surface area contributed by atoms with Gasteiger partial charge in [-0.25, -0.2) is 0 Å². The highest BCUT2D eigenvalue weighted by Gasteiger charge is 2.30. The summed E-state index contributed by atoms with van der Waals surface area (Å²) in [5.74, 6) is 0.678. The van der Waals surface area contributed by atoms with Crippen LogP contribution in [0.2, 0.25) is 0 Å². The first-order valence-electron chi connectivity index (χ1n) is 6.72. The number of hydrogen-bond donors (Lipinski definition) is 1. The summed E-state index contributed by atoms with van der Waals surface area (Å²) in [5.41, 5.74) is 2.51. The van der Waals surface area contributed by atoms with Crippen molar-refractivity contribution in [3.63, 3.8) is 0 Å². The Bertz CT molecular complexity index is 552. The van der Waals surface area contributed by atoms with E-state index in [1.165, 1.54) is 16.7 Å². The molecule has 0 radical (unpaired) electrons. The zero-order valence-electron chi connectivity index (χ0n) is 12.0. The van der Waals surface area contributed by atoms with Gasteiger partial charge in [-0.1, -0.05) is 37.7 Å². The van der Waals surface area contributed by atoms with Crippen LogP contribution in [0.4, 0.5) is 11.4 Å². The number of para-hydroxylation sites is 1. The van der Waals surface area contributed by atoms with Crippen LogP contribution < -0.4 is 4.90 Å². The molecule has 1 N–H and O–H groups in total. The van der Waals surface area contributed by atoms with Gasteiger partial charge < -0.3 is 0 Å². The van der Waals surface area contributed by atoms with E-state index in [4.69, 9.17) is 5.41 Å². The van der Waals surface area contributed by atoms with E-state index < -0.39 is 0 Å². The van der Waals surface area contributed by atoms with E-state index in [9.17, 15) is 4.79 Å². The van der Waals surface area contributed by atoms with Crippen molar-refractivity contribution in [2.24, 2.45) is 10.9 Å². The minimum atomic E-state index is -0.0504. The monoisotopic (exact) mass is 289 g/mol. The lowest BCUT2D eigenvalue weighted by molar-refractivity contribution is -0.115. The highest BCUT2D eigenvalue weighted by molar-refractivity contribution is 8.15. The maximum Gasteiger partial charge on any atom is 0.243 e. The van der Waals surface area contributed by atoms with Crippen LogP contribution in [0.1, 0.15) is 25.8 Å². The maximum atomic E-state index is 12.0. The highest BCUT2D eigenvalue weighted by Crippen LogP contribution is 2.36. The van der Waals surface area contributed by atoms with Gasteiger partial charge in [-0.3, -0.25) is 20.1 Å². The van der Waals surface area contributed by atoms with E-state index >= 15 is 0 Å². The van der Waals surface area contributed by atoms with Crippen molar-refractivity contribution in [2.45, 2.75) is 27.2 Å². The lowest BCUT2D eigenvalue weighted by Crippen LogP contribution is -2.28. The van der Waals surface area contributed by atoms with E-state index in [0.29, 0.717) is 17.4 Å². The van der Waals surface area contributed by atoms with Crippen LogP contribution in [-0.2, 0) is 4.79 Å². The first-order chi connectivity index (χ1) is 9.54. The number of carbonyl (C=O) groups excluding carboxylic acids is 1. The molecular formula is C15H19N3OS. The number of hydrogen-bond acceptors (Lipinski definition) is 4. The molecule has 5 heteroatoms. The normalized spacial score (nSPS) is 17.2. The number of thioether (sulfide) groups is 1. The SMILES string of the molecule is CCC(C)/C=N\c1c(C)cccc1N1C(=N)SCC1=O. The third-order valence-electron chi connectivity index (χ3n) is 3.34. The van der Waals surface area contributed by atoms with Gasteiger partial charge in [0.25, 0.3) is 0 Å². The van der Waals surface area contributed by atoms with Crippen LogP contribution in [0.3, 0.4) is 0 Å². The average molecular weight is 289 g/mol. The fourth-order valence-electron chi connectivity index (χ4n) is 1.92. The van der Waals surface area contributed by atoms with Crippen LogP contribution >= 0.6 is 11.8 Å². The summed E-state index contributed by atoms with van der Waals surface area (Å²) < 4.78 is 0. The quantitative estimate of drug-likeness (QED) is 0.858. The van der Waals surface area contributed by atoms with E-state index in [1.807, 2.05) is 31.3 Å².